The maximum atomic E-state index is 3.76. The maximum absolute atomic E-state index is 3.76. The van der Waals surface area contributed by atoms with Crippen molar-refractivity contribution in [2.75, 3.05) is 6.54 Å². The molecule has 1 aliphatic rings. The standard InChI is InChI=1S/C18H29N/c1-15(2)18(17-12-4-3-5-13-17)19-14-8-11-16-9-6-7-10-16/h3-5,12-13,15-16,18-19H,6-11,14H2,1-2H3. The first kappa shape index (κ1) is 14.6. The number of nitrogens with one attached hydrogen (secondary N) is 1. The van der Waals surface area contributed by atoms with Gasteiger partial charge in [-0.05, 0) is 36.8 Å². The minimum absolute atomic E-state index is 0.504. The number of hydrogen-bond donors (Lipinski definition) is 1. The summed E-state index contributed by atoms with van der Waals surface area (Å²) in [6.07, 6.45) is 8.65. The van der Waals surface area contributed by atoms with Crippen LogP contribution < -0.4 is 5.32 Å². The number of rotatable bonds is 7. The SMILES string of the molecule is CC(C)C(NCCCC1CCCC1)c1ccccc1. The van der Waals surface area contributed by atoms with Gasteiger partial charge in [-0.25, -0.2) is 0 Å². The van der Waals surface area contributed by atoms with E-state index >= 15 is 0 Å². The zero-order valence-electron chi connectivity index (χ0n) is 12.6. The van der Waals surface area contributed by atoms with Crippen LogP contribution in [0, 0.1) is 11.8 Å². The summed E-state index contributed by atoms with van der Waals surface area (Å²) in [5.41, 5.74) is 1.43. The van der Waals surface area contributed by atoms with E-state index < -0.39 is 0 Å². The van der Waals surface area contributed by atoms with Crippen LogP contribution in [-0.4, -0.2) is 6.54 Å². The van der Waals surface area contributed by atoms with E-state index in [2.05, 4.69) is 49.5 Å². The van der Waals surface area contributed by atoms with Gasteiger partial charge < -0.3 is 5.32 Å². The highest BCUT2D eigenvalue weighted by atomic mass is 14.9. The normalized spacial score (nSPS) is 18.1. The molecule has 1 aromatic rings. The van der Waals surface area contributed by atoms with Crippen LogP contribution >= 0.6 is 0 Å². The molecule has 1 atom stereocenters. The summed E-state index contributed by atoms with van der Waals surface area (Å²) >= 11 is 0. The minimum Gasteiger partial charge on any atom is -0.310 e. The van der Waals surface area contributed by atoms with Crippen LogP contribution in [0.1, 0.15) is 64.0 Å². The van der Waals surface area contributed by atoms with E-state index in [9.17, 15) is 0 Å². The fourth-order valence-electron chi connectivity index (χ4n) is 3.35. The van der Waals surface area contributed by atoms with E-state index in [-0.39, 0.29) is 0 Å². The summed E-state index contributed by atoms with van der Waals surface area (Å²) < 4.78 is 0. The molecule has 0 radical (unpaired) electrons. The zero-order chi connectivity index (χ0) is 13.5. The summed E-state index contributed by atoms with van der Waals surface area (Å²) in [6.45, 7) is 5.78. The minimum atomic E-state index is 0.504. The third-order valence-electron chi connectivity index (χ3n) is 4.45. The van der Waals surface area contributed by atoms with Crippen molar-refractivity contribution in [2.45, 2.75) is 58.4 Å². The van der Waals surface area contributed by atoms with Gasteiger partial charge in [0.15, 0.2) is 0 Å². The average molecular weight is 259 g/mol. The molecule has 19 heavy (non-hydrogen) atoms. The largest absolute Gasteiger partial charge is 0.310 e. The van der Waals surface area contributed by atoms with E-state index in [1.807, 2.05) is 0 Å². The molecule has 2 rings (SSSR count). The van der Waals surface area contributed by atoms with Crippen molar-refractivity contribution in [1.29, 1.82) is 0 Å². The quantitative estimate of drug-likeness (QED) is 0.684. The van der Waals surface area contributed by atoms with Crippen LogP contribution in [0.5, 0.6) is 0 Å². The predicted molar refractivity (Wildman–Crippen MR) is 83.2 cm³/mol. The Hall–Kier alpha value is -0.820. The summed E-state index contributed by atoms with van der Waals surface area (Å²) in [5.74, 6) is 1.67. The van der Waals surface area contributed by atoms with Crippen LogP contribution in [0.4, 0.5) is 0 Å². The third kappa shape index (κ3) is 4.65. The molecule has 0 saturated heterocycles. The molecule has 106 valence electrons. The van der Waals surface area contributed by atoms with Gasteiger partial charge in [0.25, 0.3) is 0 Å². The second kappa shape index (κ2) is 7.69. The molecule has 0 aliphatic heterocycles. The number of benzene rings is 1. The summed E-state index contributed by atoms with van der Waals surface area (Å²) in [6, 6.07) is 11.4. The lowest BCUT2D eigenvalue weighted by atomic mass is 9.95. The van der Waals surface area contributed by atoms with Gasteiger partial charge in [0.2, 0.25) is 0 Å². The highest BCUT2D eigenvalue weighted by Crippen LogP contribution is 2.28. The second-order valence-corrected chi connectivity index (χ2v) is 6.38. The molecule has 0 spiro atoms. The Morgan fingerprint density at radius 2 is 1.79 bits per heavy atom. The Kier molecular flexibility index (Phi) is 5.91. The maximum Gasteiger partial charge on any atom is 0.0343 e. The fraction of sp³-hybridized carbons (Fsp3) is 0.667. The zero-order valence-corrected chi connectivity index (χ0v) is 12.6. The fourth-order valence-corrected chi connectivity index (χ4v) is 3.35. The van der Waals surface area contributed by atoms with Crippen LogP contribution in [-0.2, 0) is 0 Å². The monoisotopic (exact) mass is 259 g/mol. The smallest absolute Gasteiger partial charge is 0.0343 e. The van der Waals surface area contributed by atoms with Crippen molar-refractivity contribution in [1.82, 2.24) is 5.32 Å². The average Bonchev–Trinajstić information content (AvgIpc) is 2.92. The lowest BCUT2D eigenvalue weighted by Gasteiger charge is -2.23. The van der Waals surface area contributed by atoms with Gasteiger partial charge in [0.1, 0.15) is 0 Å². The topological polar surface area (TPSA) is 12.0 Å². The highest BCUT2D eigenvalue weighted by Gasteiger charge is 2.16. The van der Waals surface area contributed by atoms with E-state index in [4.69, 9.17) is 0 Å². The molecular weight excluding hydrogens is 230 g/mol. The Labute approximate surface area is 118 Å². The molecule has 0 bridgehead atoms. The van der Waals surface area contributed by atoms with E-state index in [1.54, 1.807) is 0 Å². The Bertz CT molecular complexity index is 338. The first-order chi connectivity index (χ1) is 9.27. The van der Waals surface area contributed by atoms with Gasteiger partial charge in [-0.2, -0.15) is 0 Å². The van der Waals surface area contributed by atoms with E-state index in [1.165, 1.54) is 44.1 Å². The van der Waals surface area contributed by atoms with Crippen molar-refractivity contribution in [3.8, 4) is 0 Å². The van der Waals surface area contributed by atoms with Gasteiger partial charge in [-0.1, -0.05) is 69.9 Å². The molecule has 0 heterocycles. The van der Waals surface area contributed by atoms with Crippen LogP contribution in [0.25, 0.3) is 0 Å². The van der Waals surface area contributed by atoms with Crippen LogP contribution in [0.2, 0.25) is 0 Å². The van der Waals surface area contributed by atoms with Gasteiger partial charge in [0, 0.05) is 6.04 Å². The predicted octanol–water partition coefficient (Wildman–Crippen LogP) is 4.94. The van der Waals surface area contributed by atoms with Crippen LogP contribution in [0.3, 0.4) is 0 Å². The summed E-state index contributed by atoms with van der Waals surface area (Å²) in [7, 11) is 0. The van der Waals surface area contributed by atoms with Gasteiger partial charge in [0.05, 0.1) is 0 Å². The highest BCUT2D eigenvalue weighted by molar-refractivity contribution is 5.19. The molecule has 0 amide bonds. The van der Waals surface area contributed by atoms with Crippen molar-refractivity contribution in [3.05, 3.63) is 35.9 Å². The summed E-state index contributed by atoms with van der Waals surface area (Å²) in [5, 5.41) is 3.76. The summed E-state index contributed by atoms with van der Waals surface area (Å²) in [4.78, 5) is 0. The second-order valence-electron chi connectivity index (χ2n) is 6.38. The molecule has 1 aliphatic carbocycles. The van der Waals surface area contributed by atoms with Crippen molar-refractivity contribution >= 4 is 0 Å². The number of hydrogen-bond acceptors (Lipinski definition) is 1. The molecule has 1 aromatic carbocycles. The van der Waals surface area contributed by atoms with E-state index in [0.717, 1.165) is 12.5 Å². The Morgan fingerprint density at radius 3 is 2.42 bits per heavy atom. The first-order valence-corrected chi connectivity index (χ1v) is 8.05. The van der Waals surface area contributed by atoms with Gasteiger partial charge in [-0.15, -0.1) is 0 Å². The van der Waals surface area contributed by atoms with Crippen molar-refractivity contribution in [2.24, 2.45) is 11.8 Å². The molecule has 1 unspecified atom stereocenters. The lowest BCUT2D eigenvalue weighted by molar-refractivity contribution is 0.391. The van der Waals surface area contributed by atoms with Gasteiger partial charge in [-0.3, -0.25) is 0 Å². The molecule has 1 fully saturated rings. The van der Waals surface area contributed by atoms with Gasteiger partial charge >= 0.3 is 0 Å². The molecule has 1 saturated carbocycles. The van der Waals surface area contributed by atoms with Crippen LogP contribution in [0.15, 0.2) is 30.3 Å². The Balaban J connectivity index is 1.74. The van der Waals surface area contributed by atoms with Crippen molar-refractivity contribution in [3.63, 3.8) is 0 Å². The molecule has 1 N–H and O–H groups in total. The Morgan fingerprint density at radius 1 is 1.11 bits per heavy atom. The molecule has 0 aromatic heterocycles. The molecule has 1 nitrogen and oxygen atoms in total. The van der Waals surface area contributed by atoms with Crippen molar-refractivity contribution < 1.29 is 0 Å². The first-order valence-electron chi connectivity index (χ1n) is 8.05. The third-order valence-corrected chi connectivity index (χ3v) is 4.45. The lowest BCUT2D eigenvalue weighted by Crippen LogP contribution is -2.26. The van der Waals surface area contributed by atoms with E-state index in [0.29, 0.717) is 12.0 Å². The molecule has 1 heteroatoms. The molecular formula is C18H29N.